The minimum absolute atomic E-state index is 0.119. The monoisotopic (exact) mass is 341 g/mol. The number of aryl methyl sites for hydroxylation is 1. The number of carbonyl (C=O) groups excluding carboxylic acids is 1. The van der Waals surface area contributed by atoms with E-state index in [0.717, 1.165) is 12.4 Å². The van der Waals surface area contributed by atoms with Crippen LogP contribution in [0, 0.1) is 11.3 Å². The van der Waals surface area contributed by atoms with E-state index < -0.39 is 0 Å². The number of para-hydroxylation sites is 1. The summed E-state index contributed by atoms with van der Waals surface area (Å²) in [5.74, 6) is 0.980. The van der Waals surface area contributed by atoms with Crippen molar-refractivity contribution in [1.82, 2.24) is 19.7 Å². The van der Waals surface area contributed by atoms with Gasteiger partial charge in [0.1, 0.15) is 24.3 Å². The second kappa shape index (κ2) is 7.77. The summed E-state index contributed by atoms with van der Waals surface area (Å²) in [4.78, 5) is 14.2. The first-order valence-electron chi connectivity index (χ1n) is 8.12. The first-order valence-corrected chi connectivity index (χ1v) is 8.12. The average Bonchev–Trinajstić information content (AvgIpc) is 3.15. The Morgan fingerprint density at radius 1 is 1.48 bits per heavy atom. The van der Waals surface area contributed by atoms with E-state index in [2.05, 4.69) is 10.2 Å². The summed E-state index contributed by atoms with van der Waals surface area (Å²) < 4.78 is 13.2. The van der Waals surface area contributed by atoms with Gasteiger partial charge < -0.3 is 18.9 Å². The second-order valence-corrected chi connectivity index (χ2v) is 5.57. The molecule has 130 valence electrons. The van der Waals surface area contributed by atoms with Gasteiger partial charge in [-0.2, -0.15) is 5.26 Å². The third kappa shape index (κ3) is 3.78. The van der Waals surface area contributed by atoms with Gasteiger partial charge in [0.15, 0.2) is 12.4 Å². The van der Waals surface area contributed by atoms with Gasteiger partial charge in [0.25, 0.3) is 5.91 Å². The van der Waals surface area contributed by atoms with E-state index in [1.54, 1.807) is 35.5 Å². The first-order chi connectivity index (χ1) is 12.2. The van der Waals surface area contributed by atoms with Crippen LogP contribution in [-0.2, 0) is 16.1 Å². The summed E-state index contributed by atoms with van der Waals surface area (Å²) in [6.45, 7) is 3.95. The SMILES string of the molecule is CCn1cnnc1[C@H]1CN(C(=O)COc2ccccc2C#N)CCO1. The molecule has 2 aromatic rings. The van der Waals surface area contributed by atoms with E-state index in [-0.39, 0.29) is 18.6 Å². The molecule has 1 aromatic carbocycles. The normalized spacial score (nSPS) is 17.1. The van der Waals surface area contributed by atoms with Gasteiger partial charge in [-0.1, -0.05) is 12.1 Å². The van der Waals surface area contributed by atoms with Gasteiger partial charge in [-0.05, 0) is 19.1 Å². The lowest BCUT2D eigenvalue weighted by Gasteiger charge is -2.32. The fraction of sp³-hybridized carbons (Fsp3) is 0.412. The summed E-state index contributed by atoms with van der Waals surface area (Å²) in [6.07, 6.45) is 1.35. The highest BCUT2D eigenvalue weighted by Gasteiger charge is 2.28. The van der Waals surface area contributed by atoms with Crippen molar-refractivity contribution >= 4 is 5.91 Å². The predicted octanol–water partition coefficient (Wildman–Crippen LogP) is 1.15. The summed E-state index contributed by atoms with van der Waals surface area (Å²) in [6, 6.07) is 8.90. The number of carbonyl (C=O) groups is 1. The minimum atomic E-state index is -0.299. The second-order valence-electron chi connectivity index (χ2n) is 5.57. The van der Waals surface area contributed by atoms with Gasteiger partial charge in [0, 0.05) is 13.1 Å². The molecule has 1 saturated heterocycles. The smallest absolute Gasteiger partial charge is 0.260 e. The van der Waals surface area contributed by atoms with Crippen LogP contribution >= 0.6 is 0 Å². The van der Waals surface area contributed by atoms with E-state index in [1.165, 1.54) is 0 Å². The highest BCUT2D eigenvalue weighted by Crippen LogP contribution is 2.21. The number of nitriles is 1. The molecule has 1 aromatic heterocycles. The van der Waals surface area contributed by atoms with Crippen LogP contribution in [-0.4, -0.2) is 51.9 Å². The third-order valence-corrected chi connectivity index (χ3v) is 4.05. The van der Waals surface area contributed by atoms with Crippen LogP contribution in [0.25, 0.3) is 0 Å². The van der Waals surface area contributed by atoms with Crippen LogP contribution in [0.3, 0.4) is 0 Å². The zero-order valence-corrected chi connectivity index (χ0v) is 14.0. The molecule has 0 radical (unpaired) electrons. The first kappa shape index (κ1) is 16.9. The number of hydrogen-bond donors (Lipinski definition) is 0. The molecular formula is C17H19N5O3. The highest BCUT2D eigenvalue weighted by atomic mass is 16.5. The number of benzene rings is 1. The maximum Gasteiger partial charge on any atom is 0.260 e. The van der Waals surface area contributed by atoms with Gasteiger partial charge in [-0.3, -0.25) is 4.79 Å². The number of rotatable bonds is 5. The number of amides is 1. The Labute approximate surface area is 145 Å². The lowest BCUT2D eigenvalue weighted by atomic mass is 10.2. The molecule has 1 fully saturated rings. The van der Waals surface area contributed by atoms with Crippen molar-refractivity contribution in [3.8, 4) is 11.8 Å². The van der Waals surface area contributed by atoms with Crippen LogP contribution in [0.1, 0.15) is 24.4 Å². The standard InChI is InChI=1S/C17H19N5O3/c1-2-21-12-19-20-17(21)15-10-22(7-8-24-15)16(23)11-25-14-6-4-3-5-13(14)9-18/h3-6,12,15H,2,7-8,10-11H2,1H3/t15-/m1/s1. The van der Waals surface area contributed by atoms with Gasteiger partial charge in [-0.15, -0.1) is 10.2 Å². The largest absolute Gasteiger partial charge is 0.482 e. The molecule has 0 aliphatic carbocycles. The maximum atomic E-state index is 12.5. The summed E-state index contributed by atoms with van der Waals surface area (Å²) >= 11 is 0. The van der Waals surface area contributed by atoms with Gasteiger partial charge in [0.2, 0.25) is 0 Å². The number of hydrogen-bond acceptors (Lipinski definition) is 6. The van der Waals surface area contributed by atoms with E-state index in [1.807, 2.05) is 17.6 Å². The Kier molecular flexibility index (Phi) is 5.26. The van der Waals surface area contributed by atoms with Crippen molar-refractivity contribution < 1.29 is 14.3 Å². The molecular weight excluding hydrogens is 322 g/mol. The molecule has 3 rings (SSSR count). The Morgan fingerprint density at radius 2 is 2.32 bits per heavy atom. The van der Waals surface area contributed by atoms with Gasteiger partial charge in [0.05, 0.1) is 18.7 Å². The molecule has 1 atom stereocenters. The predicted molar refractivity (Wildman–Crippen MR) is 87.6 cm³/mol. The van der Waals surface area contributed by atoms with E-state index in [4.69, 9.17) is 14.7 Å². The molecule has 0 N–H and O–H groups in total. The summed E-state index contributed by atoms with van der Waals surface area (Å²) in [5, 5.41) is 17.1. The van der Waals surface area contributed by atoms with Gasteiger partial charge >= 0.3 is 0 Å². The summed E-state index contributed by atoms with van der Waals surface area (Å²) in [7, 11) is 0. The Morgan fingerprint density at radius 3 is 3.12 bits per heavy atom. The molecule has 0 spiro atoms. The van der Waals surface area contributed by atoms with Crippen molar-refractivity contribution in [1.29, 1.82) is 5.26 Å². The lowest BCUT2D eigenvalue weighted by molar-refractivity contribution is -0.141. The van der Waals surface area contributed by atoms with Crippen molar-refractivity contribution in [2.24, 2.45) is 0 Å². The molecule has 0 unspecified atom stereocenters. The molecule has 8 heteroatoms. The number of nitrogens with zero attached hydrogens (tertiary/aromatic N) is 5. The van der Waals surface area contributed by atoms with Crippen molar-refractivity contribution in [3.05, 3.63) is 42.0 Å². The number of morpholine rings is 1. The molecule has 8 nitrogen and oxygen atoms in total. The fourth-order valence-electron chi connectivity index (χ4n) is 2.70. The Balaban J connectivity index is 1.61. The fourth-order valence-corrected chi connectivity index (χ4v) is 2.70. The zero-order valence-electron chi connectivity index (χ0n) is 14.0. The van der Waals surface area contributed by atoms with Crippen LogP contribution in [0.15, 0.2) is 30.6 Å². The maximum absolute atomic E-state index is 12.5. The minimum Gasteiger partial charge on any atom is -0.482 e. The van der Waals surface area contributed by atoms with Crippen LogP contribution < -0.4 is 4.74 Å². The molecule has 1 amide bonds. The molecule has 1 aliphatic heterocycles. The molecule has 0 saturated carbocycles. The Hall–Kier alpha value is -2.92. The quantitative estimate of drug-likeness (QED) is 0.810. The molecule has 1 aliphatic rings. The topological polar surface area (TPSA) is 93.3 Å². The van der Waals surface area contributed by atoms with Crippen molar-refractivity contribution in [2.75, 3.05) is 26.3 Å². The highest BCUT2D eigenvalue weighted by molar-refractivity contribution is 5.78. The average molecular weight is 341 g/mol. The summed E-state index contributed by atoms with van der Waals surface area (Å²) in [5.41, 5.74) is 0.409. The van der Waals surface area contributed by atoms with Crippen LogP contribution in [0.5, 0.6) is 5.75 Å². The van der Waals surface area contributed by atoms with Crippen LogP contribution in [0.4, 0.5) is 0 Å². The number of ether oxygens (including phenoxy) is 2. The number of aromatic nitrogens is 3. The van der Waals surface area contributed by atoms with E-state index in [9.17, 15) is 4.79 Å². The molecule has 25 heavy (non-hydrogen) atoms. The van der Waals surface area contributed by atoms with E-state index >= 15 is 0 Å². The molecule has 2 heterocycles. The lowest BCUT2D eigenvalue weighted by Crippen LogP contribution is -2.44. The molecule has 0 bridgehead atoms. The van der Waals surface area contributed by atoms with Crippen molar-refractivity contribution in [3.63, 3.8) is 0 Å². The third-order valence-electron chi connectivity index (χ3n) is 4.05. The van der Waals surface area contributed by atoms with E-state index in [0.29, 0.717) is 31.0 Å². The van der Waals surface area contributed by atoms with Crippen molar-refractivity contribution in [2.45, 2.75) is 19.6 Å². The van der Waals surface area contributed by atoms with Gasteiger partial charge in [-0.25, -0.2) is 0 Å². The van der Waals surface area contributed by atoms with Crippen LogP contribution in [0.2, 0.25) is 0 Å². The Bertz CT molecular complexity index is 783. The zero-order chi connectivity index (χ0) is 17.6.